The number of primary amides is 1. The minimum absolute atomic E-state index is 0.363. The minimum Gasteiger partial charge on any atom is -0.366 e. The van der Waals surface area contributed by atoms with Gasteiger partial charge in [0.2, 0.25) is 5.91 Å². The summed E-state index contributed by atoms with van der Waals surface area (Å²) in [5, 5.41) is 0. The van der Waals surface area contributed by atoms with Crippen LogP contribution in [0, 0.1) is 11.8 Å². The molecule has 0 saturated heterocycles. The van der Waals surface area contributed by atoms with Gasteiger partial charge in [0.05, 0.1) is 0 Å². The van der Waals surface area contributed by atoms with E-state index in [1.165, 1.54) is 5.56 Å². The van der Waals surface area contributed by atoms with E-state index in [1.807, 2.05) is 12.1 Å². The molecule has 0 radical (unpaired) electrons. The molecule has 2 nitrogen and oxygen atoms in total. The smallest absolute Gasteiger partial charge is 0.248 e. The molecular formula is C13H19NO. The number of carbonyl (C=O) groups excluding carboxylic acids is 1. The van der Waals surface area contributed by atoms with Gasteiger partial charge in [-0.05, 0) is 36.0 Å². The molecule has 0 aliphatic carbocycles. The molecule has 1 amide bonds. The van der Waals surface area contributed by atoms with Crippen LogP contribution in [0.1, 0.15) is 36.7 Å². The van der Waals surface area contributed by atoms with Crippen molar-refractivity contribution in [3.8, 4) is 0 Å². The van der Waals surface area contributed by atoms with Gasteiger partial charge in [-0.1, -0.05) is 32.9 Å². The molecule has 0 bridgehead atoms. The molecule has 0 aliphatic heterocycles. The number of rotatable bonds is 4. The Morgan fingerprint density at radius 3 is 2.13 bits per heavy atom. The van der Waals surface area contributed by atoms with Gasteiger partial charge in [0.15, 0.2) is 0 Å². The number of carbonyl (C=O) groups is 1. The second-order valence-corrected chi connectivity index (χ2v) is 4.49. The summed E-state index contributed by atoms with van der Waals surface area (Å²) < 4.78 is 0. The second-order valence-electron chi connectivity index (χ2n) is 4.49. The normalized spacial score (nSPS) is 12.8. The summed E-state index contributed by atoms with van der Waals surface area (Å²) in [6.45, 7) is 6.69. The molecule has 0 heterocycles. The van der Waals surface area contributed by atoms with Crippen molar-refractivity contribution >= 4 is 5.91 Å². The molecule has 0 aliphatic rings. The van der Waals surface area contributed by atoms with Gasteiger partial charge in [-0.3, -0.25) is 4.79 Å². The van der Waals surface area contributed by atoms with E-state index in [4.69, 9.17) is 5.73 Å². The maximum Gasteiger partial charge on any atom is 0.248 e. The molecule has 1 aromatic carbocycles. The lowest BCUT2D eigenvalue weighted by molar-refractivity contribution is 0.100. The van der Waals surface area contributed by atoms with Gasteiger partial charge >= 0.3 is 0 Å². The van der Waals surface area contributed by atoms with Crippen LogP contribution >= 0.6 is 0 Å². The predicted molar refractivity (Wildman–Crippen MR) is 62.7 cm³/mol. The van der Waals surface area contributed by atoms with Crippen LogP contribution < -0.4 is 5.73 Å². The average Bonchev–Trinajstić information content (AvgIpc) is 2.18. The summed E-state index contributed by atoms with van der Waals surface area (Å²) in [4.78, 5) is 10.9. The van der Waals surface area contributed by atoms with Crippen molar-refractivity contribution in [2.75, 3.05) is 0 Å². The number of amides is 1. The molecule has 1 atom stereocenters. The first-order valence-electron chi connectivity index (χ1n) is 5.39. The Morgan fingerprint density at radius 2 is 1.73 bits per heavy atom. The van der Waals surface area contributed by atoms with Crippen molar-refractivity contribution in [1.82, 2.24) is 0 Å². The zero-order chi connectivity index (χ0) is 11.4. The van der Waals surface area contributed by atoms with Crippen LogP contribution in [0.5, 0.6) is 0 Å². The fourth-order valence-electron chi connectivity index (χ4n) is 1.41. The zero-order valence-corrected chi connectivity index (χ0v) is 9.66. The van der Waals surface area contributed by atoms with E-state index in [0.717, 1.165) is 6.42 Å². The highest BCUT2D eigenvalue weighted by Crippen LogP contribution is 2.16. The fourth-order valence-corrected chi connectivity index (χ4v) is 1.41. The van der Waals surface area contributed by atoms with Crippen LogP contribution in [0.25, 0.3) is 0 Å². The van der Waals surface area contributed by atoms with Crippen molar-refractivity contribution in [1.29, 1.82) is 0 Å². The largest absolute Gasteiger partial charge is 0.366 e. The van der Waals surface area contributed by atoms with E-state index in [0.29, 0.717) is 17.4 Å². The molecule has 2 N–H and O–H groups in total. The highest BCUT2D eigenvalue weighted by molar-refractivity contribution is 5.92. The van der Waals surface area contributed by atoms with E-state index < -0.39 is 0 Å². The van der Waals surface area contributed by atoms with Gasteiger partial charge in [-0.25, -0.2) is 0 Å². The molecule has 0 fully saturated rings. The Labute approximate surface area is 91.5 Å². The SMILES string of the molecule is CC(C)C(C)Cc1ccc(C(N)=O)cc1. The summed E-state index contributed by atoms with van der Waals surface area (Å²) in [5.74, 6) is 0.976. The Kier molecular flexibility index (Phi) is 3.89. The Hall–Kier alpha value is -1.31. The van der Waals surface area contributed by atoms with Gasteiger partial charge in [0.25, 0.3) is 0 Å². The van der Waals surface area contributed by atoms with Crippen LogP contribution in [-0.4, -0.2) is 5.91 Å². The molecule has 1 rings (SSSR count). The molecule has 1 aromatic rings. The van der Waals surface area contributed by atoms with Gasteiger partial charge in [-0.2, -0.15) is 0 Å². The van der Waals surface area contributed by atoms with Crippen LogP contribution in [0.4, 0.5) is 0 Å². The van der Waals surface area contributed by atoms with E-state index in [1.54, 1.807) is 12.1 Å². The molecule has 0 aromatic heterocycles. The number of nitrogens with two attached hydrogens (primary N) is 1. The van der Waals surface area contributed by atoms with Crippen LogP contribution in [-0.2, 0) is 6.42 Å². The maximum atomic E-state index is 10.9. The molecular weight excluding hydrogens is 186 g/mol. The third-order valence-corrected chi connectivity index (χ3v) is 2.93. The molecule has 1 unspecified atom stereocenters. The summed E-state index contributed by atoms with van der Waals surface area (Å²) in [5.41, 5.74) is 7.02. The molecule has 15 heavy (non-hydrogen) atoms. The van der Waals surface area contributed by atoms with Gasteiger partial charge in [-0.15, -0.1) is 0 Å². The Bertz CT molecular complexity index is 327. The second kappa shape index (κ2) is 4.96. The van der Waals surface area contributed by atoms with Gasteiger partial charge in [0.1, 0.15) is 0 Å². The third-order valence-electron chi connectivity index (χ3n) is 2.93. The average molecular weight is 205 g/mol. The van der Waals surface area contributed by atoms with Crippen LogP contribution in [0.3, 0.4) is 0 Å². The fraction of sp³-hybridized carbons (Fsp3) is 0.462. The number of hydrogen-bond acceptors (Lipinski definition) is 1. The summed E-state index contributed by atoms with van der Waals surface area (Å²) in [6.07, 6.45) is 1.05. The molecule has 0 spiro atoms. The quantitative estimate of drug-likeness (QED) is 0.806. The van der Waals surface area contributed by atoms with E-state index in [2.05, 4.69) is 20.8 Å². The van der Waals surface area contributed by atoms with Crippen molar-refractivity contribution < 1.29 is 4.79 Å². The standard InChI is InChI=1S/C13H19NO/c1-9(2)10(3)8-11-4-6-12(7-5-11)13(14)15/h4-7,9-10H,8H2,1-3H3,(H2,14,15). The summed E-state index contributed by atoms with van der Waals surface area (Å²) in [6, 6.07) is 7.56. The first kappa shape index (κ1) is 11.8. The van der Waals surface area contributed by atoms with Crippen LogP contribution in [0.2, 0.25) is 0 Å². The van der Waals surface area contributed by atoms with Gasteiger partial charge in [0, 0.05) is 5.56 Å². The Balaban J connectivity index is 2.68. The topological polar surface area (TPSA) is 43.1 Å². The van der Waals surface area contributed by atoms with Crippen molar-refractivity contribution in [2.24, 2.45) is 17.6 Å². The van der Waals surface area contributed by atoms with Gasteiger partial charge < -0.3 is 5.73 Å². The first-order valence-corrected chi connectivity index (χ1v) is 5.39. The van der Waals surface area contributed by atoms with Crippen molar-refractivity contribution in [2.45, 2.75) is 27.2 Å². The lowest BCUT2D eigenvalue weighted by atomic mass is 9.91. The molecule has 2 heteroatoms. The Morgan fingerprint density at radius 1 is 1.20 bits per heavy atom. The van der Waals surface area contributed by atoms with E-state index in [9.17, 15) is 4.79 Å². The predicted octanol–water partition coefficient (Wildman–Crippen LogP) is 2.62. The van der Waals surface area contributed by atoms with Crippen molar-refractivity contribution in [3.05, 3.63) is 35.4 Å². The number of hydrogen-bond donors (Lipinski definition) is 1. The minimum atomic E-state index is -0.363. The maximum absolute atomic E-state index is 10.9. The zero-order valence-electron chi connectivity index (χ0n) is 9.66. The highest BCUT2D eigenvalue weighted by atomic mass is 16.1. The van der Waals surface area contributed by atoms with E-state index in [-0.39, 0.29) is 5.91 Å². The summed E-state index contributed by atoms with van der Waals surface area (Å²) >= 11 is 0. The summed E-state index contributed by atoms with van der Waals surface area (Å²) in [7, 11) is 0. The lowest BCUT2D eigenvalue weighted by Gasteiger charge is -2.15. The van der Waals surface area contributed by atoms with E-state index >= 15 is 0 Å². The first-order chi connectivity index (χ1) is 7.00. The molecule has 0 saturated carbocycles. The third kappa shape index (κ3) is 3.39. The number of benzene rings is 1. The van der Waals surface area contributed by atoms with Crippen LogP contribution in [0.15, 0.2) is 24.3 Å². The highest BCUT2D eigenvalue weighted by Gasteiger charge is 2.08. The molecule has 82 valence electrons. The monoisotopic (exact) mass is 205 g/mol. The lowest BCUT2D eigenvalue weighted by Crippen LogP contribution is -2.11. The van der Waals surface area contributed by atoms with Crippen molar-refractivity contribution in [3.63, 3.8) is 0 Å².